The summed E-state index contributed by atoms with van der Waals surface area (Å²) in [5.74, 6) is 0. The van der Waals surface area contributed by atoms with E-state index in [4.69, 9.17) is 28.8 Å². The van der Waals surface area contributed by atoms with Crippen LogP contribution in [0.2, 0.25) is 5.02 Å². The number of aromatic nitrogens is 2. The Kier molecular flexibility index (Phi) is 6.16. The summed E-state index contributed by atoms with van der Waals surface area (Å²) in [5, 5.41) is 5.03. The molecule has 1 aliphatic heterocycles. The summed E-state index contributed by atoms with van der Waals surface area (Å²) in [4.78, 5) is 6.98. The van der Waals surface area contributed by atoms with Crippen LogP contribution in [-0.2, 0) is 0 Å². The van der Waals surface area contributed by atoms with Gasteiger partial charge >= 0.3 is 0 Å². The van der Waals surface area contributed by atoms with E-state index in [-0.39, 0.29) is 12.1 Å². The molecule has 4 nitrogen and oxygen atoms in total. The first-order chi connectivity index (χ1) is 16.8. The van der Waals surface area contributed by atoms with Crippen LogP contribution in [0.5, 0.6) is 0 Å². The Morgan fingerprint density at radius 2 is 1.66 bits per heavy atom. The Labute approximate surface area is 217 Å². The molecule has 6 heteroatoms. The molecule has 2 atom stereocenters. The third-order valence-electron chi connectivity index (χ3n) is 7.24. The first-order valence-electron chi connectivity index (χ1n) is 11.8. The highest BCUT2D eigenvalue weighted by Crippen LogP contribution is 2.45. The van der Waals surface area contributed by atoms with Crippen LogP contribution in [-0.4, -0.2) is 14.7 Å². The van der Waals surface area contributed by atoms with Gasteiger partial charge < -0.3 is 14.8 Å². The molecule has 2 aromatic heterocycles. The highest BCUT2D eigenvalue weighted by molar-refractivity contribution is 7.80. The van der Waals surface area contributed by atoms with E-state index in [1.165, 1.54) is 33.6 Å². The first-order valence-corrected chi connectivity index (χ1v) is 12.6. The third-order valence-corrected chi connectivity index (χ3v) is 7.79. The largest absolute Gasteiger partial charge is 0.351 e. The van der Waals surface area contributed by atoms with Gasteiger partial charge in [0, 0.05) is 39.5 Å². The van der Waals surface area contributed by atoms with Crippen molar-refractivity contribution in [1.82, 2.24) is 14.9 Å². The summed E-state index contributed by atoms with van der Waals surface area (Å²) in [5.41, 5.74) is 10.5. The summed E-state index contributed by atoms with van der Waals surface area (Å²) < 4.78 is 2.30. The number of anilines is 1. The molecule has 178 valence electrons. The van der Waals surface area contributed by atoms with Crippen LogP contribution in [0.3, 0.4) is 0 Å². The average molecular weight is 501 g/mol. The number of benzene rings is 2. The Balaban J connectivity index is 1.74. The van der Waals surface area contributed by atoms with Crippen molar-refractivity contribution >= 4 is 34.6 Å². The normalized spacial score (nSPS) is 17.7. The van der Waals surface area contributed by atoms with E-state index in [0.717, 1.165) is 22.1 Å². The van der Waals surface area contributed by atoms with E-state index in [1.807, 2.05) is 36.5 Å². The summed E-state index contributed by atoms with van der Waals surface area (Å²) in [6.45, 7) is 10.8. The molecule has 4 aromatic rings. The van der Waals surface area contributed by atoms with Crippen molar-refractivity contribution in [3.05, 3.63) is 111 Å². The number of pyridine rings is 1. The van der Waals surface area contributed by atoms with Crippen molar-refractivity contribution in [3.8, 4) is 5.69 Å². The molecule has 5 rings (SSSR count). The molecule has 0 saturated carbocycles. The number of nitrogens with one attached hydrogen (secondary N) is 1. The zero-order valence-corrected chi connectivity index (χ0v) is 22.2. The van der Waals surface area contributed by atoms with Crippen molar-refractivity contribution in [2.24, 2.45) is 0 Å². The summed E-state index contributed by atoms with van der Waals surface area (Å²) in [6.07, 6.45) is 1.85. The minimum absolute atomic E-state index is 0.0568. The lowest BCUT2D eigenvalue weighted by atomic mass is 9.93. The van der Waals surface area contributed by atoms with Crippen LogP contribution in [0.4, 0.5) is 5.69 Å². The molecule has 0 bridgehead atoms. The molecule has 1 fully saturated rings. The predicted octanol–water partition coefficient (Wildman–Crippen LogP) is 7.24. The molecular formula is C29H29ClN4S. The van der Waals surface area contributed by atoms with E-state index in [2.05, 4.69) is 79.7 Å². The van der Waals surface area contributed by atoms with Gasteiger partial charge in [0.25, 0.3) is 0 Å². The van der Waals surface area contributed by atoms with Gasteiger partial charge in [0.15, 0.2) is 5.11 Å². The van der Waals surface area contributed by atoms with Crippen LogP contribution in [0.15, 0.2) is 66.9 Å². The second-order valence-corrected chi connectivity index (χ2v) is 10.1. The second kappa shape index (κ2) is 9.14. The molecule has 1 aliphatic rings. The van der Waals surface area contributed by atoms with Crippen molar-refractivity contribution < 1.29 is 0 Å². The lowest BCUT2D eigenvalue weighted by Gasteiger charge is -2.29. The fourth-order valence-corrected chi connectivity index (χ4v) is 5.78. The minimum Gasteiger partial charge on any atom is -0.351 e. The van der Waals surface area contributed by atoms with E-state index >= 15 is 0 Å². The van der Waals surface area contributed by atoms with Gasteiger partial charge in [-0.15, -0.1) is 0 Å². The number of aryl methyl sites for hydroxylation is 2. The van der Waals surface area contributed by atoms with Gasteiger partial charge in [-0.2, -0.15) is 0 Å². The smallest absolute Gasteiger partial charge is 0.174 e. The summed E-state index contributed by atoms with van der Waals surface area (Å²) in [7, 11) is 0. The molecule has 0 radical (unpaired) electrons. The molecule has 0 unspecified atom stereocenters. The standard InChI is InChI=1S/C29H29ClN4S/c1-17-12-13-24(15-18(17)2)34-28(27(32-29(34)35)25-11-6-7-14-31-25)26-19(3)20(4)33(21(26)5)23-10-8-9-22(30)16-23/h6-16,27-28H,1-5H3,(H,32,35)/t27-,28-/m0/s1. The minimum atomic E-state index is -0.0858. The van der Waals surface area contributed by atoms with Gasteiger partial charge in [-0.25, -0.2) is 0 Å². The zero-order valence-electron chi connectivity index (χ0n) is 20.6. The van der Waals surface area contributed by atoms with E-state index in [1.54, 1.807) is 0 Å². The SMILES string of the molecule is Cc1ccc(N2C(=S)N[C@@H](c3ccccn3)[C@@H]2c2c(C)c(C)n(-c3cccc(Cl)c3)c2C)cc1C. The maximum Gasteiger partial charge on any atom is 0.174 e. The fraction of sp³-hybridized carbons (Fsp3) is 0.241. The molecule has 35 heavy (non-hydrogen) atoms. The second-order valence-electron chi connectivity index (χ2n) is 9.29. The molecule has 0 aliphatic carbocycles. The summed E-state index contributed by atoms with van der Waals surface area (Å²) >= 11 is 12.3. The molecule has 0 amide bonds. The highest BCUT2D eigenvalue weighted by Gasteiger charge is 2.43. The van der Waals surface area contributed by atoms with Crippen LogP contribution < -0.4 is 10.2 Å². The average Bonchev–Trinajstić information content (AvgIpc) is 3.28. The van der Waals surface area contributed by atoms with Crippen molar-refractivity contribution in [2.45, 2.75) is 46.7 Å². The molecular weight excluding hydrogens is 472 g/mol. The number of hydrogen-bond acceptors (Lipinski definition) is 2. The zero-order chi connectivity index (χ0) is 24.9. The number of rotatable bonds is 4. The van der Waals surface area contributed by atoms with Crippen LogP contribution in [0, 0.1) is 34.6 Å². The molecule has 2 aromatic carbocycles. The Morgan fingerprint density at radius 3 is 2.34 bits per heavy atom. The number of halogens is 1. The summed E-state index contributed by atoms with van der Waals surface area (Å²) in [6, 6.07) is 20.5. The Bertz CT molecular complexity index is 1430. The maximum atomic E-state index is 6.37. The van der Waals surface area contributed by atoms with Crippen LogP contribution >= 0.6 is 23.8 Å². The van der Waals surface area contributed by atoms with E-state index in [0.29, 0.717) is 5.11 Å². The quantitative estimate of drug-likeness (QED) is 0.299. The first kappa shape index (κ1) is 23.6. The van der Waals surface area contributed by atoms with Gasteiger partial charge in [0.2, 0.25) is 0 Å². The number of thiocarbonyl (C=S) groups is 1. The predicted molar refractivity (Wildman–Crippen MR) is 149 cm³/mol. The van der Waals surface area contributed by atoms with Gasteiger partial charge in [-0.1, -0.05) is 29.8 Å². The van der Waals surface area contributed by atoms with Gasteiger partial charge in [0.1, 0.15) is 0 Å². The van der Waals surface area contributed by atoms with Gasteiger partial charge in [-0.3, -0.25) is 4.98 Å². The Morgan fingerprint density at radius 1 is 0.857 bits per heavy atom. The van der Waals surface area contributed by atoms with Crippen molar-refractivity contribution in [3.63, 3.8) is 0 Å². The van der Waals surface area contributed by atoms with Gasteiger partial charge in [-0.05, 0) is 106 Å². The third kappa shape index (κ3) is 4.03. The lowest BCUT2D eigenvalue weighted by molar-refractivity contribution is 0.563. The molecule has 1 saturated heterocycles. The number of hydrogen-bond donors (Lipinski definition) is 1. The number of nitrogens with zero attached hydrogens (tertiary/aromatic N) is 3. The monoisotopic (exact) mass is 500 g/mol. The van der Waals surface area contributed by atoms with Crippen LogP contribution in [0.1, 0.15) is 51.4 Å². The van der Waals surface area contributed by atoms with Crippen LogP contribution in [0.25, 0.3) is 5.69 Å². The topological polar surface area (TPSA) is 33.1 Å². The van der Waals surface area contributed by atoms with E-state index < -0.39 is 0 Å². The molecule has 0 spiro atoms. The van der Waals surface area contributed by atoms with Crippen molar-refractivity contribution in [1.29, 1.82) is 0 Å². The lowest BCUT2D eigenvalue weighted by Crippen LogP contribution is -2.30. The molecule has 1 N–H and O–H groups in total. The Hall–Kier alpha value is -3.15. The van der Waals surface area contributed by atoms with Gasteiger partial charge in [0.05, 0.1) is 17.8 Å². The fourth-order valence-electron chi connectivity index (χ4n) is 5.25. The van der Waals surface area contributed by atoms with E-state index in [9.17, 15) is 0 Å². The molecule has 3 heterocycles. The highest BCUT2D eigenvalue weighted by atomic mass is 35.5. The van der Waals surface area contributed by atoms with Crippen molar-refractivity contribution in [2.75, 3.05) is 4.90 Å². The maximum absolute atomic E-state index is 6.37.